The maximum absolute atomic E-state index is 12.7. The van der Waals surface area contributed by atoms with Gasteiger partial charge in [-0.3, -0.25) is 4.79 Å². The Kier molecular flexibility index (Phi) is 10.5. The molecule has 2 atom stereocenters. The van der Waals surface area contributed by atoms with Gasteiger partial charge in [0.25, 0.3) is 0 Å². The molecule has 1 aliphatic heterocycles. The standard InChI is InChI=1S/C20H23NO2.C3H8.C2H6/c1-14-4-6-17-12-21(20(22)19(17)11-5-14)18-9-7-16(8-10-18)15(2)13-23-3;1-3-2;1-2/h4-11,15,19H,12-13H2,1-3H3;3H2,1-2H3;1-2H3. The molecule has 3 nitrogen and oxygen atoms in total. The molecule has 1 aromatic rings. The normalized spacial score (nSPS) is 18.6. The van der Waals surface area contributed by atoms with Crippen LogP contribution in [0, 0.1) is 5.92 Å². The Bertz CT molecular complexity index is 698. The van der Waals surface area contributed by atoms with Crippen molar-refractivity contribution >= 4 is 11.6 Å². The van der Waals surface area contributed by atoms with Gasteiger partial charge >= 0.3 is 0 Å². The number of amides is 1. The van der Waals surface area contributed by atoms with Gasteiger partial charge in [0.15, 0.2) is 0 Å². The Labute approximate surface area is 171 Å². The van der Waals surface area contributed by atoms with Crippen LogP contribution in [0.4, 0.5) is 5.69 Å². The summed E-state index contributed by atoms with van der Waals surface area (Å²) in [6.45, 7) is 13.8. The number of methoxy groups -OCH3 is 1. The van der Waals surface area contributed by atoms with E-state index in [9.17, 15) is 4.79 Å². The van der Waals surface area contributed by atoms with E-state index in [1.54, 1.807) is 7.11 Å². The molecule has 1 aliphatic carbocycles. The lowest BCUT2D eigenvalue weighted by atomic mass is 10.0. The molecule has 0 radical (unpaired) electrons. The fraction of sp³-hybridized carbons (Fsp3) is 0.480. The van der Waals surface area contributed by atoms with E-state index in [2.05, 4.69) is 52.0 Å². The summed E-state index contributed by atoms with van der Waals surface area (Å²) in [5.41, 5.74) is 4.54. The second kappa shape index (κ2) is 12.4. The summed E-state index contributed by atoms with van der Waals surface area (Å²) < 4.78 is 5.20. The summed E-state index contributed by atoms with van der Waals surface area (Å²) >= 11 is 0. The van der Waals surface area contributed by atoms with Gasteiger partial charge in [0.1, 0.15) is 0 Å². The Morgan fingerprint density at radius 2 is 1.75 bits per heavy atom. The molecule has 1 amide bonds. The Morgan fingerprint density at radius 1 is 1.14 bits per heavy atom. The van der Waals surface area contributed by atoms with Gasteiger partial charge in [-0.05, 0) is 30.2 Å². The van der Waals surface area contributed by atoms with Gasteiger partial charge in [-0.25, -0.2) is 0 Å². The summed E-state index contributed by atoms with van der Waals surface area (Å²) in [5.74, 6) is 0.400. The number of ether oxygens (including phenoxy) is 1. The van der Waals surface area contributed by atoms with Gasteiger partial charge in [-0.1, -0.05) is 83.0 Å². The molecule has 1 heterocycles. The number of hydrogen-bond donors (Lipinski definition) is 0. The highest BCUT2D eigenvalue weighted by Gasteiger charge is 2.35. The SMILES string of the molecule is CC.CCC.COCC(C)c1ccc(N2CC3=CC=C(C)C=CC3C2=O)cc1. The highest BCUT2D eigenvalue weighted by Crippen LogP contribution is 2.32. The van der Waals surface area contributed by atoms with Crippen molar-refractivity contribution in [3.8, 4) is 0 Å². The summed E-state index contributed by atoms with van der Waals surface area (Å²) in [5, 5.41) is 0. The predicted molar refractivity (Wildman–Crippen MR) is 121 cm³/mol. The van der Waals surface area contributed by atoms with E-state index in [0.29, 0.717) is 19.1 Å². The number of carbonyl (C=O) groups is 1. The second-order valence-electron chi connectivity index (χ2n) is 7.07. The topological polar surface area (TPSA) is 29.5 Å². The quantitative estimate of drug-likeness (QED) is 0.612. The molecule has 1 saturated heterocycles. The van der Waals surface area contributed by atoms with Crippen LogP contribution in [0.15, 0.2) is 59.7 Å². The molecule has 2 aliphatic rings. The Hall–Kier alpha value is -2.13. The van der Waals surface area contributed by atoms with Crippen LogP contribution in [0.3, 0.4) is 0 Å². The summed E-state index contributed by atoms with van der Waals surface area (Å²) in [6.07, 6.45) is 9.47. The van der Waals surface area contributed by atoms with E-state index in [4.69, 9.17) is 4.74 Å². The second-order valence-corrected chi connectivity index (χ2v) is 7.07. The van der Waals surface area contributed by atoms with E-state index < -0.39 is 0 Å². The van der Waals surface area contributed by atoms with Gasteiger partial charge in [-0.15, -0.1) is 0 Å². The van der Waals surface area contributed by atoms with Crippen LogP contribution in [-0.2, 0) is 9.53 Å². The molecule has 28 heavy (non-hydrogen) atoms. The average molecular weight is 384 g/mol. The van der Waals surface area contributed by atoms with E-state index in [-0.39, 0.29) is 11.8 Å². The number of benzene rings is 1. The monoisotopic (exact) mass is 383 g/mol. The highest BCUT2D eigenvalue weighted by atomic mass is 16.5. The molecular formula is C25H37NO2. The number of hydrogen-bond acceptors (Lipinski definition) is 2. The van der Waals surface area contributed by atoms with Gasteiger partial charge in [-0.2, -0.15) is 0 Å². The lowest BCUT2D eigenvalue weighted by molar-refractivity contribution is -0.118. The first-order valence-electron chi connectivity index (χ1n) is 10.5. The van der Waals surface area contributed by atoms with Gasteiger partial charge in [0.2, 0.25) is 5.91 Å². The Morgan fingerprint density at radius 3 is 2.32 bits per heavy atom. The third-order valence-electron chi connectivity index (χ3n) is 4.57. The van der Waals surface area contributed by atoms with Crippen LogP contribution in [-0.4, -0.2) is 26.2 Å². The smallest absolute Gasteiger partial charge is 0.238 e. The minimum Gasteiger partial charge on any atom is -0.384 e. The molecule has 2 unspecified atom stereocenters. The Balaban J connectivity index is 0.000000717. The lowest BCUT2D eigenvalue weighted by Crippen LogP contribution is -2.26. The van der Waals surface area contributed by atoms with Crippen LogP contribution in [0.25, 0.3) is 0 Å². The first kappa shape index (κ1) is 23.9. The molecule has 0 aromatic heterocycles. The van der Waals surface area contributed by atoms with Crippen LogP contribution >= 0.6 is 0 Å². The molecule has 1 fully saturated rings. The highest BCUT2D eigenvalue weighted by molar-refractivity contribution is 6.02. The maximum atomic E-state index is 12.7. The van der Waals surface area contributed by atoms with Gasteiger partial charge in [0, 0.05) is 25.3 Å². The van der Waals surface area contributed by atoms with Crippen molar-refractivity contribution in [2.24, 2.45) is 5.92 Å². The first-order valence-corrected chi connectivity index (χ1v) is 10.5. The minimum absolute atomic E-state index is 0.115. The molecule has 0 bridgehead atoms. The van der Waals surface area contributed by atoms with Gasteiger partial charge in [0.05, 0.1) is 12.5 Å². The molecule has 0 spiro atoms. The first-order chi connectivity index (χ1) is 13.5. The zero-order valence-electron chi connectivity index (χ0n) is 18.7. The zero-order chi connectivity index (χ0) is 21.1. The third-order valence-corrected chi connectivity index (χ3v) is 4.57. The number of anilines is 1. The molecular weight excluding hydrogens is 346 g/mol. The average Bonchev–Trinajstić information content (AvgIpc) is 2.90. The van der Waals surface area contributed by atoms with E-state index in [1.807, 2.05) is 43.0 Å². The van der Waals surface area contributed by atoms with Crippen molar-refractivity contribution in [3.05, 3.63) is 65.3 Å². The zero-order valence-corrected chi connectivity index (χ0v) is 18.7. The largest absolute Gasteiger partial charge is 0.384 e. The molecule has 3 rings (SSSR count). The van der Waals surface area contributed by atoms with Gasteiger partial charge < -0.3 is 9.64 Å². The maximum Gasteiger partial charge on any atom is 0.238 e. The van der Waals surface area contributed by atoms with Crippen molar-refractivity contribution in [1.29, 1.82) is 0 Å². The molecule has 0 saturated carbocycles. The van der Waals surface area contributed by atoms with Crippen molar-refractivity contribution < 1.29 is 9.53 Å². The van der Waals surface area contributed by atoms with Crippen molar-refractivity contribution in [2.45, 2.75) is 53.9 Å². The molecule has 154 valence electrons. The van der Waals surface area contributed by atoms with Crippen molar-refractivity contribution in [1.82, 2.24) is 0 Å². The number of rotatable bonds is 4. The van der Waals surface area contributed by atoms with Crippen LogP contribution in [0.2, 0.25) is 0 Å². The van der Waals surface area contributed by atoms with Crippen LogP contribution in [0.5, 0.6) is 0 Å². The van der Waals surface area contributed by atoms with Crippen LogP contribution in [0.1, 0.15) is 59.4 Å². The molecule has 3 heteroatoms. The van der Waals surface area contributed by atoms with Crippen LogP contribution < -0.4 is 4.90 Å². The number of carbonyl (C=O) groups excluding carboxylic acids is 1. The fourth-order valence-electron chi connectivity index (χ4n) is 3.14. The summed E-state index contributed by atoms with van der Waals surface area (Å²) in [6, 6.07) is 8.26. The summed E-state index contributed by atoms with van der Waals surface area (Å²) in [7, 11) is 1.72. The number of nitrogens with zero attached hydrogens (tertiary/aromatic N) is 1. The molecule has 1 aromatic carbocycles. The molecule has 0 N–H and O–H groups in total. The fourth-order valence-corrected chi connectivity index (χ4v) is 3.14. The van der Waals surface area contributed by atoms with E-state index in [0.717, 1.165) is 5.69 Å². The van der Waals surface area contributed by atoms with E-state index >= 15 is 0 Å². The predicted octanol–water partition coefficient (Wildman–Crippen LogP) is 6.28. The third kappa shape index (κ3) is 6.20. The minimum atomic E-state index is -0.115. The summed E-state index contributed by atoms with van der Waals surface area (Å²) in [4.78, 5) is 14.6. The number of allylic oxidation sites excluding steroid dienone is 4. The van der Waals surface area contributed by atoms with E-state index in [1.165, 1.54) is 23.1 Å². The number of fused-ring (bicyclic) bond motifs is 1. The van der Waals surface area contributed by atoms with Crippen molar-refractivity contribution in [3.63, 3.8) is 0 Å². The lowest BCUT2D eigenvalue weighted by Gasteiger charge is -2.18. The van der Waals surface area contributed by atoms with Crippen molar-refractivity contribution in [2.75, 3.05) is 25.2 Å².